The summed E-state index contributed by atoms with van der Waals surface area (Å²) in [6.45, 7) is 14.4. The molecular weight excluding hydrogens is 196 g/mol. The van der Waals surface area contributed by atoms with Gasteiger partial charge in [-0.2, -0.15) is 0 Å². The van der Waals surface area contributed by atoms with Gasteiger partial charge in [0.15, 0.2) is 0 Å². The minimum Gasteiger partial charge on any atom is -0.329 e. The van der Waals surface area contributed by atoms with E-state index >= 15 is 0 Å². The molecule has 0 aromatic carbocycles. The number of nitrogens with zero attached hydrogens (tertiary/aromatic N) is 1. The first-order valence-electron chi connectivity index (χ1n) is 6.96. The molecule has 2 nitrogen and oxygen atoms in total. The van der Waals surface area contributed by atoms with Crippen LogP contribution in [0.15, 0.2) is 0 Å². The highest BCUT2D eigenvalue weighted by Crippen LogP contribution is 2.19. The Labute approximate surface area is 103 Å². The standard InChI is InChI=1S/C14H32N2/c1-6-9-10-13(7-2)11-16(8-3)14(4,5)12-15/h13H,6-12,15H2,1-5H3. The molecule has 0 fully saturated rings. The van der Waals surface area contributed by atoms with Gasteiger partial charge in [-0.25, -0.2) is 0 Å². The van der Waals surface area contributed by atoms with E-state index in [1.165, 1.54) is 32.2 Å². The monoisotopic (exact) mass is 228 g/mol. The summed E-state index contributed by atoms with van der Waals surface area (Å²) in [5.74, 6) is 0.839. The Kier molecular flexibility index (Phi) is 8.04. The predicted molar refractivity (Wildman–Crippen MR) is 73.7 cm³/mol. The fourth-order valence-electron chi connectivity index (χ4n) is 2.16. The van der Waals surface area contributed by atoms with Gasteiger partial charge in [-0.1, -0.05) is 40.0 Å². The topological polar surface area (TPSA) is 29.3 Å². The second kappa shape index (κ2) is 8.08. The van der Waals surface area contributed by atoms with Crippen LogP contribution in [-0.4, -0.2) is 30.1 Å². The van der Waals surface area contributed by atoms with Crippen LogP contribution in [0.4, 0.5) is 0 Å². The number of rotatable bonds is 9. The molecule has 0 aliphatic rings. The molecule has 0 aromatic rings. The Balaban J connectivity index is 4.27. The van der Waals surface area contributed by atoms with E-state index in [0.29, 0.717) is 0 Å². The van der Waals surface area contributed by atoms with E-state index in [0.717, 1.165) is 19.0 Å². The number of likely N-dealkylation sites (N-methyl/N-ethyl adjacent to an activating group) is 1. The highest BCUT2D eigenvalue weighted by molar-refractivity contribution is 4.83. The summed E-state index contributed by atoms with van der Waals surface area (Å²) in [6.07, 6.45) is 5.32. The van der Waals surface area contributed by atoms with Crippen LogP contribution in [0, 0.1) is 5.92 Å². The lowest BCUT2D eigenvalue weighted by molar-refractivity contribution is 0.107. The molecule has 0 aliphatic carbocycles. The Morgan fingerprint density at radius 1 is 1.19 bits per heavy atom. The summed E-state index contributed by atoms with van der Waals surface area (Å²) < 4.78 is 0. The normalized spacial score (nSPS) is 14.4. The molecule has 1 unspecified atom stereocenters. The van der Waals surface area contributed by atoms with Crippen LogP contribution in [0.2, 0.25) is 0 Å². The summed E-state index contributed by atoms with van der Waals surface area (Å²) in [5.41, 5.74) is 6.01. The number of hydrogen-bond donors (Lipinski definition) is 1. The predicted octanol–water partition coefficient (Wildman–Crippen LogP) is 3.26. The lowest BCUT2D eigenvalue weighted by Crippen LogP contribution is -2.50. The summed E-state index contributed by atoms with van der Waals surface area (Å²) in [7, 11) is 0. The molecule has 2 heteroatoms. The molecule has 0 radical (unpaired) electrons. The average Bonchev–Trinajstić information content (AvgIpc) is 2.29. The fraction of sp³-hybridized carbons (Fsp3) is 1.00. The average molecular weight is 228 g/mol. The lowest BCUT2D eigenvalue weighted by Gasteiger charge is -2.39. The van der Waals surface area contributed by atoms with E-state index in [1.807, 2.05) is 0 Å². The minimum atomic E-state index is 0.147. The Hall–Kier alpha value is -0.0800. The summed E-state index contributed by atoms with van der Waals surface area (Å²) in [6, 6.07) is 0. The largest absolute Gasteiger partial charge is 0.329 e. The second-order valence-corrected chi connectivity index (χ2v) is 5.47. The third-order valence-corrected chi connectivity index (χ3v) is 3.76. The van der Waals surface area contributed by atoms with Gasteiger partial charge in [0.25, 0.3) is 0 Å². The van der Waals surface area contributed by atoms with Crippen molar-refractivity contribution < 1.29 is 0 Å². The van der Waals surface area contributed by atoms with E-state index < -0.39 is 0 Å². The highest BCUT2D eigenvalue weighted by Gasteiger charge is 2.25. The van der Waals surface area contributed by atoms with E-state index in [9.17, 15) is 0 Å². The first kappa shape index (κ1) is 15.9. The molecule has 1 atom stereocenters. The van der Waals surface area contributed by atoms with Crippen molar-refractivity contribution in [3.63, 3.8) is 0 Å². The van der Waals surface area contributed by atoms with Gasteiger partial charge in [0.05, 0.1) is 0 Å². The van der Waals surface area contributed by atoms with Crippen molar-refractivity contribution in [2.75, 3.05) is 19.6 Å². The SMILES string of the molecule is CCCCC(CC)CN(CC)C(C)(C)CN. The van der Waals surface area contributed by atoms with Crippen LogP contribution in [0.3, 0.4) is 0 Å². The quantitative estimate of drug-likeness (QED) is 0.656. The number of hydrogen-bond acceptors (Lipinski definition) is 2. The van der Waals surface area contributed by atoms with Crippen LogP contribution < -0.4 is 5.73 Å². The van der Waals surface area contributed by atoms with Crippen molar-refractivity contribution >= 4 is 0 Å². The van der Waals surface area contributed by atoms with Crippen LogP contribution >= 0.6 is 0 Å². The molecule has 16 heavy (non-hydrogen) atoms. The molecule has 0 rings (SSSR count). The van der Waals surface area contributed by atoms with E-state index in [1.54, 1.807) is 0 Å². The molecule has 0 aliphatic heterocycles. The van der Waals surface area contributed by atoms with Gasteiger partial charge >= 0.3 is 0 Å². The van der Waals surface area contributed by atoms with E-state index in [2.05, 4.69) is 39.5 Å². The van der Waals surface area contributed by atoms with E-state index in [-0.39, 0.29) is 5.54 Å². The summed E-state index contributed by atoms with van der Waals surface area (Å²) >= 11 is 0. The number of nitrogens with two attached hydrogens (primary N) is 1. The maximum Gasteiger partial charge on any atom is 0.0275 e. The van der Waals surface area contributed by atoms with Crippen LogP contribution in [0.5, 0.6) is 0 Å². The lowest BCUT2D eigenvalue weighted by atomic mass is 9.95. The maximum atomic E-state index is 5.86. The first-order valence-corrected chi connectivity index (χ1v) is 6.96. The van der Waals surface area contributed by atoms with Crippen molar-refractivity contribution in [2.24, 2.45) is 11.7 Å². The zero-order chi connectivity index (χ0) is 12.6. The van der Waals surface area contributed by atoms with Gasteiger partial charge < -0.3 is 5.73 Å². The van der Waals surface area contributed by atoms with Gasteiger partial charge in [0, 0.05) is 18.6 Å². The van der Waals surface area contributed by atoms with Crippen molar-refractivity contribution in [1.29, 1.82) is 0 Å². The van der Waals surface area contributed by atoms with Gasteiger partial charge in [0.2, 0.25) is 0 Å². The molecule has 0 bridgehead atoms. The highest BCUT2D eigenvalue weighted by atomic mass is 15.2. The molecule has 0 saturated heterocycles. The third-order valence-electron chi connectivity index (χ3n) is 3.76. The molecule has 0 aromatic heterocycles. The molecule has 0 amide bonds. The smallest absolute Gasteiger partial charge is 0.0275 e. The van der Waals surface area contributed by atoms with Crippen molar-refractivity contribution in [3.05, 3.63) is 0 Å². The summed E-state index contributed by atoms with van der Waals surface area (Å²) in [4.78, 5) is 2.54. The second-order valence-electron chi connectivity index (χ2n) is 5.47. The van der Waals surface area contributed by atoms with Gasteiger partial charge in [-0.3, -0.25) is 4.90 Å². The summed E-state index contributed by atoms with van der Waals surface area (Å²) in [5, 5.41) is 0. The van der Waals surface area contributed by atoms with Crippen molar-refractivity contribution in [3.8, 4) is 0 Å². The first-order chi connectivity index (χ1) is 7.51. The molecule has 2 N–H and O–H groups in total. The third kappa shape index (κ3) is 5.31. The van der Waals surface area contributed by atoms with Gasteiger partial charge in [0.1, 0.15) is 0 Å². The maximum absolute atomic E-state index is 5.86. The van der Waals surface area contributed by atoms with Crippen molar-refractivity contribution in [2.45, 2.75) is 65.8 Å². The molecule has 0 saturated carbocycles. The zero-order valence-electron chi connectivity index (χ0n) is 12.1. The van der Waals surface area contributed by atoms with Crippen molar-refractivity contribution in [1.82, 2.24) is 4.90 Å². The van der Waals surface area contributed by atoms with E-state index in [4.69, 9.17) is 5.73 Å². The van der Waals surface area contributed by atoms with Gasteiger partial charge in [-0.15, -0.1) is 0 Å². The molecular formula is C14H32N2. The molecule has 98 valence electrons. The Morgan fingerprint density at radius 2 is 1.81 bits per heavy atom. The fourth-order valence-corrected chi connectivity index (χ4v) is 2.16. The minimum absolute atomic E-state index is 0.147. The zero-order valence-corrected chi connectivity index (χ0v) is 12.1. The van der Waals surface area contributed by atoms with Crippen LogP contribution in [0.25, 0.3) is 0 Å². The molecule has 0 heterocycles. The molecule has 0 spiro atoms. The van der Waals surface area contributed by atoms with Crippen LogP contribution in [-0.2, 0) is 0 Å². The van der Waals surface area contributed by atoms with Gasteiger partial charge in [-0.05, 0) is 32.7 Å². The van der Waals surface area contributed by atoms with Crippen LogP contribution in [0.1, 0.15) is 60.3 Å². The Bertz CT molecular complexity index is 166. The Morgan fingerprint density at radius 3 is 2.19 bits per heavy atom. The number of unbranched alkanes of at least 4 members (excludes halogenated alkanes) is 1.